The Bertz CT molecular complexity index is 1130. The van der Waals surface area contributed by atoms with Gasteiger partial charge in [-0.25, -0.2) is 15.0 Å². The molecule has 0 radical (unpaired) electrons. The zero-order chi connectivity index (χ0) is 21.0. The van der Waals surface area contributed by atoms with Gasteiger partial charge in [-0.2, -0.15) is 0 Å². The smallest absolute Gasteiger partial charge is 0.173 e. The van der Waals surface area contributed by atoms with Crippen molar-refractivity contribution in [2.75, 3.05) is 0 Å². The van der Waals surface area contributed by atoms with Crippen LogP contribution in [-0.4, -0.2) is 24.5 Å². The number of pyridine rings is 1. The molecule has 158 valence electrons. The summed E-state index contributed by atoms with van der Waals surface area (Å²) in [6, 6.07) is 1.73. The van der Waals surface area contributed by atoms with Gasteiger partial charge in [-0.3, -0.25) is 5.41 Å². The fourth-order valence-electron chi connectivity index (χ4n) is 5.79. The molecule has 6 nitrogen and oxygen atoms in total. The van der Waals surface area contributed by atoms with Crippen LogP contribution in [0.25, 0.3) is 11.2 Å². The van der Waals surface area contributed by atoms with Gasteiger partial charge in [0, 0.05) is 17.7 Å². The highest BCUT2D eigenvalue weighted by atomic mass is 35.5. The highest BCUT2D eigenvalue weighted by Crippen LogP contribution is 2.51. The van der Waals surface area contributed by atoms with Gasteiger partial charge in [0.05, 0.1) is 17.9 Å². The SMILES string of the molecule is CC1CC2CCC1CC(C)C2c1nc2c([nH]1)c(=N)ncn2Cc1c(Cl)ccnc1Cl. The van der Waals surface area contributed by atoms with Crippen LogP contribution < -0.4 is 5.49 Å². The third kappa shape index (κ3) is 3.34. The Labute approximate surface area is 185 Å². The second-order valence-electron chi connectivity index (χ2n) is 9.15. The van der Waals surface area contributed by atoms with E-state index in [2.05, 4.69) is 28.8 Å². The summed E-state index contributed by atoms with van der Waals surface area (Å²) < 4.78 is 1.91. The molecule has 2 N–H and O–H groups in total. The van der Waals surface area contributed by atoms with Crippen LogP contribution in [0.1, 0.15) is 56.8 Å². The monoisotopic (exact) mass is 444 g/mol. The van der Waals surface area contributed by atoms with Crippen LogP contribution in [0.5, 0.6) is 0 Å². The molecule has 3 aliphatic rings. The van der Waals surface area contributed by atoms with E-state index in [1.807, 2.05) is 4.57 Å². The number of fused-ring (bicyclic) bond motifs is 5. The molecule has 8 heteroatoms. The van der Waals surface area contributed by atoms with Gasteiger partial charge in [-0.05, 0) is 55.4 Å². The molecule has 3 heterocycles. The molecular formula is C22H26Cl2N6. The van der Waals surface area contributed by atoms with E-state index in [0.717, 1.165) is 28.9 Å². The average molecular weight is 445 g/mol. The standard InChI is InChI=1S/C22H26Cl2N6/c1-11-7-14-4-3-13(11)8-12(2)17(14)21-28-18-20(25)27-10-30(22(18)29-21)9-15-16(23)5-6-26-19(15)24/h5-6,10-14,17,25H,3-4,7-9H2,1-2H3,(H,28,29). The fourth-order valence-corrected chi connectivity index (χ4v) is 6.26. The Kier molecular flexibility index (Phi) is 5.10. The first-order valence-corrected chi connectivity index (χ1v) is 11.5. The molecule has 30 heavy (non-hydrogen) atoms. The number of aromatic amines is 1. The van der Waals surface area contributed by atoms with Crippen molar-refractivity contribution >= 4 is 34.4 Å². The van der Waals surface area contributed by atoms with Gasteiger partial charge in [0.2, 0.25) is 0 Å². The van der Waals surface area contributed by atoms with E-state index in [1.165, 1.54) is 25.7 Å². The van der Waals surface area contributed by atoms with Crippen molar-refractivity contribution in [2.24, 2.45) is 23.7 Å². The molecule has 2 bridgehead atoms. The Morgan fingerprint density at radius 2 is 1.90 bits per heavy atom. The van der Waals surface area contributed by atoms with Crippen molar-refractivity contribution < 1.29 is 0 Å². The molecule has 6 rings (SSSR count). The number of imidazole rings is 1. The van der Waals surface area contributed by atoms with E-state index < -0.39 is 0 Å². The van der Waals surface area contributed by atoms with E-state index in [9.17, 15) is 0 Å². The maximum absolute atomic E-state index is 8.32. The highest BCUT2D eigenvalue weighted by Gasteiger charge is 2.42. The molecule has 5 unspecified atom stereocenters. The van der Waals surface area contributed by atoms with E-state index in [4.69, 9.17) is 33.6 Å². The average Bonchev–Trinajstić information content (AvgIpc) is 3.03. The first kappa shape index (κ1) is 20.0. The summed E-state index contributed by atoms with van der Waals surface area (Å²) in [6.45, 7) is 5.18. The van der Waals surface area contributed by atoms with Crippen LogP contribution in [0.2, 0.25) is 10.2 Å². The highest BCUT2D eigenvalue weighted by molar-refractivity contribution is 6.35. The van der Waals surface area contributed by atoms with Crippen LogP contribution in [-0.2, 0) is 6.54 Å². The lowest BCUT2D eigenvalue weighted by Crippen LogP contribution is -2.22. The molecule has 3 fully saturated rings. The zero-order valence-corrected chi connectivity index (χ0v) is 18.7. The molecule has 0 aromatic carbocycles. The normalized spacial score (nSPS) is 28.7. The van der Waals surface area contributed by atoms with Gasteiger partial charge in [0.25, 0.3) is 0 Å². The Hall–Kier alpha value is -1.92. The Balaban J connectivity index is 1.58. The summed E-state index contributed by atoms with van der Waals surface area (Å²) in [6.07, 6.45) is 8.36. The minimum atomic E-state index is 0.210. The van der Waals surface area contributed by atoms with Crippen LogP contribution in [0, 0.1) is 29.1 Å². The molecule has 0 saturated heterocycles. The lowest BCUT2D eigenvalue weighted by atomic mass is 9.74. The molecular weight excluding hydrogens is 419 g/mol. The van der Waals surface area contributed by atoms with E-state index in [-0.39, 0.29) is 5.49 Å². The molecule has 3 aromatic heterocycles. The van der Waals surface area contributed by atoms with Gasteiger partial charge < -0.3 is 9.55 Å². The summed E-state index contributed by atoms with van der Waals surface area (Å²) in [4.78, 5) is 16.9. The molecule has 3 aromatic rings. The number of hydrogen-bond donors (Lipinski definition) is 2. The van der Waals surface area contributed by atoms with Gasteiger partial charge in [0.15, 0.2) is 11.1 Å². The molecule has 3 saturated carbocycles. The van der Waals surface area contributed by atoms with Crippen LogP contribution in [0.3, 0.4) is 0 Å². The lowest BCUT2D eigenvalue weighted by Gasteiger charge is -2.32. The first-order chi connectivity index (χ1) is 14.4. The van der Waals surface area contributed by atoms with Crippen LogP contribution >= 0.6 is 23.2 Å². The Morgan fingerprint density at radius 1 is 1.13 bits per heavy atom. The molecule has 3 aliphatic carbocycles. The second-order valence-corrected chi connectivity index (χ2v) is 9.92. The summed E-state index contributed by atoms with van der Waals surface area (Å²) in [7, 11) is 0. The third-order valence-electron chi connectivity index (χ3n) is 7.31. The lowest BCUT2D eigenvalue weighted by molar-refractivity contribution is 0.210. The topological polar surface area (TPSA) is 83.2 Å². The fraction of sp³-hybridized carbons (Fsp3) is 0.545. The van der Waals surface area contributed by atoms with Crippen molar-refractivity contribution in [1.82, 2.24) is 24.5 Å². The first-order valence-electron chi connectivity index (χ1n) is 10.7. The van der Waals surface area contributed by atoms with Crippen molar-refractivity contribution in [3.05, 3.63) is 45.6 Å². The minimum absolute atomic E-state index is 0.210. The summed E-state index contributed by atoms with van der Waals surface area (Å²) in [5, 5.41) is 9.25. The summed E-state index contributed by atoms with van der Waals surface area (Å²) in [5.41, 5.74) is 2.33. The zero-order valence-electron chi connectivity index (χ0n) is 17.2. The van der Waals surface area contributed by atoms with Gasteiger partial charge >= 0.3 is 0 Å². The quantitative estimate of drug-likeness (QED) is 0.546. The predicted octanol–water partition coefficient (Wildman–Crippen LogP) is 5.16. The largest absolute Gasteiger partial charge is 0.337 e. The summed E-state index contributed by atoms with van der Waals surface area (Å²) in [5.74, 6) is 4.23. The van der Waals surface area contributed by atoms with Crippen molar-refractivity contribution in [3.8, 4) is 0 Å². The van der Waals surface area contributed by atoms with Crippen molar-refractivity contribution in [2.45, 2.75) is 52.0 Å². The number of hydrogen-bond acceptors (Lipinski definition) is 4. The van der Waals surface area contributed by atoms with Crippen LogP contribution in [0.15, 0.2) is 18.6 Å². The van der Waals surface area contributed by atoms with Crippen LogP contribution in [0.4, 0.5) is 0 Å². The number of nitrogens with zero attached hydrogens (tertiary/aromatic N) is 4. The molecule has 0 aliphatic heterocycles. The summed E-state index contributed by atoms with van der Waals surface area (Å²) >= 11 is 12.6. The molecule has 0 spiro atoms. The van der Waals surface area contributed by atoms with E-state index in [1.54, 1.807) is 18.6 Å². The number of rotatable bonds is 3. The molecule has 0 amide bonds. The Morgan fingerprint density at radius 3 is 2.67 bits per heavy atom. The second kappa shape index (κ2) is 7.65. The van der Waals surface area contributed by atoms with E-state index in [0.29, 0.717) is 40.0 Å². The number of halogens is 2. The van der Waals surface area contributed by atoms with Crippen molar-refractivity contribution in [3.63, 3.8) is 0 Å². The number of nitrogens with one attached hydrogen (secondary N) is 2. The maximum atomic E-state index is 8.32. The number of H-pyrrole nitrogens is 1. The number of aromatic nitrogens is 5. The van der Waals surface area contributed by atoms with Crippen molar-refractivity contribution in [1.29, 1.82) is 5.41 Å². The van der Waals surface area contributed by atoms with Gasteiger partial charge in [-0.1, -0.05) is 37.0 Å². The predicted molar refractivity (Wildman–Crippen MR) is 118 cm³/mol. The van der Waals surface area contributed by atoms with Gasteiger partial charge in [-0.15, -0.1) is 0 Å². The minimum Gasteiger partial charge on any atom is -0.337 e. The maximum Gasteiger partial charge on any atom is 0.173 e. The molecule has 5 atom stereocenters. The van der Waals surface area contributed by atoms with Gasteiger partial charge in [0.1, 0.15) is 16.5 Å². The van der Waals surface area contributed by atoms with E-state index >= 15 is 0 Å². The third-order valence-corrected chi connectivity index (χ3v) is 7.99.